The van der Waals surface area contributed by atoms with Crippen molar-refractivity contribution in [3.63, 3.8) is 0 Å². The van der Waals surface area contributed by atoms with Crippen LogP contribution in [0.2, 0.25) is 0 Å². The molecule has 1 aliphatic rings. The topological polar surface area (TPSA) is 49.7 Å². The fourth-order valence-electron chi connectivity index (χ4n) is 4.41. The molecule has 148 valence electrons. The number of aliphatic hydroxyl groups excluding tert-OH is 2. The fraction of sp³-hybridized carbons (Fsp3) is 0.280. The molecule has 0 saturated carbocycles. The Morgan fingerprint density at radius 2 is 1.72 bits per heavy atom. The van der Waals surface area contributed by atoms with Gasteiger partial charge in [-0.2, -0.15) is 0 Å². The van der Waals surface area contributed by atoms with Gasteiger partial charge in [0.1, 0.15) is 0 Å². The van der Waals surface area contributed by atoms with Gasteiger partial charge in [-0.05, 0) is 39.4 Å². The quantitative estimate of drug-likeness (QED) is 0.490. The smallest absolute Gasteiger partial charge is 0.0860 e. The van der Waals surface area contributed by atoms with E-state index in [0.717, 1.165) is 17.4 Å². The summed E-state index contributed by atoms with van der Waals surface area (Å²) < 4.78 is 7.46. The van der Waals surface area contributed by atoms with Crippen LogP contribution in [0.4, 0.5) is 0 Å². The Bertz CT molecular complexity index is 1120. The van der Waals surface area contributed by atoms with E-state index < -0.39 is 6.10 Å². The van der Waals surface area contributed by atoms with E-state index in [9.17, 15) is 10.2 Å². The van der Waals surface area contributed by atoms with Crippen LogP contribution in [0.25, 0.3) is 20.9 Å². The predicted octanol–water partition coefficient (Wildman–Crippen LogP) is 5.22. The highest BCUT2D eigenvalue weighted by Crippen LogP contribution is 2.37. The van der Waals surface area contributed by atoms with Crippen molar-refractivity contribution in [3.05, 3.63) is 82.7 Å². The first-order valence-electron chi connectivity index (χ1n) is 10.1. The number of benzene rings is 3. The molecular formula is C25H24O3S. The molecule has 3 nitrogen and oxygen atoms in total. The highest BCUT2D eigenvalue weighted by atomic mass is 32.1. The summed E-state index contributed by atoms with van der Waals surface area (Å²) >= 11 is 1.84. The largest absolute Gasteiger partial charge is 0.394 e. The van der Waals surface area contributed by atoms with Crippen LogP contribution in [0.1, 0.15) is 34.9 Å². The summed E-state index contributed by atoms with van der Waals surface area (Å²) in [4.78, 5) is 1.34. The monoisotopic (exact) mass is 404 g/mol. The van der Waals surface area contributed by atoms with Crippen molar-refractivity contribution in [3.8, 4) is 0 Å². The molecule has 2 N–H and O–H groups in total. The summed E-state index contributed by atoms with van der Waals surface area (Å²) in [6.07, 6.45) is 0.961. The Hall–Kier alpha value is -2.24. The predicted molar refractivity (Wildman–Crippen MR) is 119 cm³/mol. The molecule has 4 heteroatoms. The van der Waals surface area contributed by atoms with Crippen molar-refractivity contribution < 1.29 is 14.9 Å². The average molecular weight is 405 g/mol. The number of fused-ring (bicyclic) bond motifs is 2. The minimum atomic E-state index is -0.448. The van der Waals surface area contributed by atoms with Gasteiger partial charge in [-0.15, -0.1) is 11.3 Å². The lowest BCUT2D eigenvalue weighted by atomic mass is 9.90. The molecule has 5 rings (SSSR count). The van der Waals surface area contributed by atoms with E-state index in [2.05, 4.69) is 60.7 Å². The number of hydrogen-bond acceptors (Lipinski definition) is 4. The summed E-state index contributed by atoms with van der Waals surface area (Å²) in [6.45, 7) is -0.0625. The summed E-state index contributed by atoms with van der Waals surface area (Å²) in [5.41, 5.74) is 2.35. The molecule has 0 bridgehead atoms. The van der Waals surface area contributed by atoms with Crippen molar-refractivity contribution in [1.29, 1.82) is 0 Å². The van der Waals surface area contributed by atoms with Crippen LogP contribution in [-0.2, 0) is 11.2 Å². The van der Waals surface area contributed by atoms with E-state index in [1.54, 1.807) is 0 Å². The second-order valence-corrected chi connectivity index (χ2v) is 9.06. The molecule has 0 spiro atoms. The first kappa shape index (κ1) is 18.8. The van der Waals surface area contributed by atoms with E-state index >= 15 is 0 Å². The highest BCUT2D eigenvalue weighted by Gasteiger charge is 2.30. The third-order valence-electron chi connectivity index (χ3n) is 5.74. The van der Waals surface area contributed by atoms with Crippen LogP contribution < -0.4 is 0 Å². The Kier molecular flexibility index (Phi) is 5.10. The van der Waals surface area contributed by atoms with Crippen LogP contribution in [0.5, 0.6) is 0 Å². The van der Waals surface area contributed by atoms with Crippen LogP contribution >= 0.6 is 11.3 Å². The van der Waals surface area contributed by atoms with Crippen LogP contribution in [0.15, 0.2) is 66.7 Å². The average Bonchev–Trinajstić information content (AvgIpc) is 3.15. The van der Waals surface area contributed by atoms with E-state index in [4.69, 9.17) is 4.74 Å². The van der Waals surface area contributed by atoms with Gasteiger partial charge in [-0.25, -0.2) is 0 Å². The molecule has 1 aliphatic heterocycles. The lowest BCUT2D eigenvalue weighted by molar-refractivity contribution is -0.113. The number of aliphatic hydroxyl groups is 2. The van der Waals surface area contributed by atoms with Gasteiger partial charge >= 0.3 is 0 Å². The van der Waals surface area contributed by atoms with Crippen LogP contribution in [0.3, 0.4) is 0 Å². The molecular weight excluding hydrogens is 380 g/mol. The molecule has 0 aliphatic carbocycles. The molecule has 1 fully saturated rings. The fourth-order valence-corrected chi connectivity index (χ4v) is 5.50. The van der Waals surface area contributed by atoms with Gasteiger partial charge in [0.25, 0.3) is 0 Å². The molecule has 0 radical (unpaired) electrons. The van der Waals surface area contributed by atoms with Crippen LogP contribution in [0, 0.1) is 0 Å². The Morgan fingerprint density at radius 1 is 0.931 bits per heavy atom. The van der Waals surface area contributed by atoms with Crippen molar-refractivity contribution in [2.24, 2.45) is 0 Å². The molecule has 4 aromatic rings. The summed E-state index contributed by atoms with van der Waals surface area (Å²) in [5, 5.41) is 23.5. The lowest BCUT2D eigenvalue weighted by Crippen LogP contribution is -2.33. The van der Waals surface area contributed by atoms with Gasteiger partial charge in [0.05, 0.1) is 24.9 Å². The SMILES string of the molecule is OC[C@@H]1CC(O)C[C@H](c2cc(Cc3cc4ccccc4s3)cc3ccccc23)O1. The Morgan fingerprint density at radius 3 is 2.55 bits per heavy atom. The maximum atomic E-state index is 10.3. The second kappa shape index (κ2) is 7.88. The number of hydrogen-bond donors (Lipinski definition) is 2. The molecule has 1 unspecified atom stereocenters. The maximum Gasteiger partial charge on any atom is 0.0860 e. The first-order chi connectivity index (χ1) is 14.2. The highest BCUT2D eigenvalue weighted by molar-refractivity contribution is 7.19. The lowest BCUT2D eigenvalue weighted by Gasteiger charge is -2.33. The van der Waals surface area contributed by atoms with Crippen LogP contribution in [-0.4, -0.2) is 29.0 Å². The molecule has 29 heavy (non-hydrogen) atoms. The molecule has 3 atom stereocenters. The van der Waals surface area contributed by atoms with Gasteiger partial charge in [0.15, 0.2) is 0 Å². The minimum Gasteiger partial charge on any atom is -0.394 e. The third kappa shape index (κ3) is 3.81. The van der Waals surface area contributed by atoms with E-state index in [1.165, 1.54) is 25.9 Å². The summed E-state index contributed by atoms with van der Waals surface area (Å²) in [6, 6.07) is 23.6. The normalized spacial score (nSPS) is 22.3. The van der Waals surface area contributed by atoms with Crippen molar-refractivity contribution in [2.75, 3.05) is 6.61 Å². The van der Waals surface area contributed by atoms with Gasteiger partial charge in [0, 0.05) is 28.8 Å². The van der Waals surface area contributed by atoms with Gasteiger partial charge < -0.3 is 14.9 Å². The standard InChI is InChI=1S/C25H24O3S/c26-15-20-13-19(27)14-24(28-20)23-11-16(9-17-5-1-3-7-22(17)23)10-21-12-18-6-2-4-8-25(18)29-21/h1-9,11-12,19-20,24,26-27H,10,13-15H2/t19?,20-,24+/m0/s1. The molecule has 1 aromatic heterocycles. The third-order valence-corrected chi connectivity index (χ3v) is 6.85. The van der Waals surface area contributed by atoms with Gasteiger partial charge in [-0.1, -0.05) is 54.6 Å². The van der Waals surface area contributed by atoms with E-state index in [0.29, 0.717) is 12.8 Å². The number of rotatable bonds is 4. The zero-order valence-corrected chi connectivity index (χ0v) is 16.9. The summed E-state index contributed by atoms with van der Waals surface area (Å²) in [5.74, 6) is 0. The Balaban J connectivity index is 1.54. The molecule has 3 aromatic carbocycles. The van der Waals surface area contributed by atoms with E-state index in [1.807, 2.05) is 17.4 Å². The second-order valence-electron chi connectivity index (χ2n) is 7.89. The van der Waals surface area contributed by atoms with Crippen molar-refractivity contribution >= 4 is 32.2 Å². The molecule has 0 amide bonds. The number of thiophene rings is 1. The minimum absolute atomic E-state index is 0.0625. The zero-order chi connectivity index (χ0) is 19.8. The maximum absolute atomic E-state index is 10.3. The number of ether oxygens (including phenoxy) is 1. The summed E-state index contributed by atoms with van der Waals surface area (Å²) in [7, 11) is 0. The van der Waals surface area contributed by atoms with Gasteiger partial charge in [-0.3, -0.25) is 0 Å². The van der Waals surface area contributed by atoms with Crippen molar-refractivity contribution in [2.45, 2.75) is 37.6 Å². The molecule has 2 heterocycles. The zero-order valence-electron chi connectivity index (χ0n) is 16.1. The van der Waals surface area contributed by atoms with E-state index in [-0.39, 0.29) is 18.8 Å². The van der Waals surface area contributed by atoms with Gasteiger partial charge in [0.2, 0.25) is 0 Å². The first-order valence-corrected chi connectivity index (χ1v) is 10.9. The molecule has 1 saturated heterocycles. The van der Waals surface area contributed by atoms with Crippen molar-refractivity contribution in [1.82, 2.24) is 0 Å². The Labute approximate surface area is 174 Å².